The average molecular weight is 266 g/mol. The van der Waals surface area contributed by atoms with Crippen molar-refractivity contribution in [2.75, 3.05) is 0 Å². The van der Waals surface area contributed by atoms with Gasteiger partial charge < -0.3 is 4.74 Å². The first-order chi connectivity index (χ1) is 9.74. The van der Waals surface area contributed by atoms with Crippen molar-refractivity contribution in [3.8, 4) is 5.75 Å². The van der Waals surface area contributed by atoms with Crippen LogP contribution in [-0.2, 0) is 6.42 Å². The summed E-state index contributed by atoms with van der Waals surface area (Å²) in [5, 5.41) is 0. The number of aryl methyl sites for hydroxylation is 1. The van der Waals surface area contributed by atoms with Crippen molar-refractivity contribution < 1.29 is 9.53 Å². The van der Waals surface area contributed by atoms with E-state index in [9.17, 15) is 4.79 Å². The molecule has 2 nitrogen and oxygen atoms in total. The number of carbonyl (C=O) groups excluding carboxylic acids is 1. The fraction of sp³-hybridized carbons (Fsp3) is 0.278. The predicted octanol–water partition coefficient (Wildman–Crippen LogP) is 4.35. The number of ketones is 1. The van der Waals surface area contributed by atoms with Crippen molar-refractivity contribution in [2.24, 2.45) is 0 Å². The standard InChI is InChI=1S/C18H18O2/c1-13(14-6-3-2-4-7-14)20-16-11-10-15-8-5-9-18(19)17(15)12-16/h2-4,6-7,10-13H,5,8-9H2,1H3. The number of ether oxygens (including phenoxy) is 1. The van der Waals surface area contributed by atoms with Crippen LogP contribution in [0.25, 0.3) is 0 Å². The topological polar surface area (TPSA) is 26.3 Å². The van der Waals surface area contributed by atoms with Crippen molar-refractivity contribution in [1.82, 2.24) is 0 Å². The molecule has 2 aromatic rings. The first-order valence-electron chi connectivity index (χ1n) is 7.12. The fourth-order valence-electron chi connectivity index (χ4n) is 2.68. The highest BCUT2D eigenvalue weighted by atomic mass is 16.5. The number of rotatable bonds is 3. The van der Waals surface area contributed by atoms with E-state index < -0.39 is 0 Å². The van der Waals surface area contributed by atoms with Crippen molar-refractivity contribution >= 4 is 5.78 Å². The Morgan fingerprint density at radius 3 is 2.65 bits per heavy atom. The smallest absolute Gasteiger partial charge is 0.163 e. The van der Waals surface area contributed by atoms with E-state index in [1.807, 2.05) is 55.5 Å². The molecule has 2 heteroatoms. The molecule has 0 heterocycles. The lowest BCUT2D eigenvalue weighted by atomic mass is 9.90. The molecular weight excluding hydrogens is 248 g/mol. The van der Waals surface area contributed by atoms with E-state index in [1.54, 1.807) is 0 Å². The number of carbonyl (C=O) groups is 1. The Hall–Kier alpha value is -2.09. The monoisotopic (exact) mass is 266 g/mol. The Kier molecular flexibility index (Phi) is 3.55. The molecule has 0 saturated carbocycles. The summed E-state index contributed by atoms with van der Waals surface area (Å²) in [6.45, 7) is 2.02. The van der Waals surface area contributed by atoms with Gasteiger partial charge in [0.15, 0.2) is 5.78 Å². The minimum absolute atomic E-state index is 0.0204. The van der Waals surface area contributed by atoms with Gasteiger partial charge in [0.05, 0.1) is 0 Å². The van der Waals surface area contributed by atoms with E-state index in [1.165, 1.54) is 0 Å². The van der Waals surface area contributed by atoms with Gasteiger partial charge in [0.25, 0.3) is 0 Å². The molecule has 0 fully saturated rings. The van der Waals surface area contributed by atoms with Crippen LogP contribution in [0.3, 0.4) is 0 Å². The van der Waals surface area contributed by atoms with Crippen LogP contribution in [0.15, 0.2) is 48.5 Å². The van der Waals surface area contributed by atoms with E-state index in [0.29, 0.717) is 6.42 Å². The van der Waals surface area contributed by atoms with Crippen molar-refractivity contribution in [2.45, 2.75) is 32.3 Å². The second-order valence-electron chi connectivity index (χ2n) is 5.27. The Bertz CT molecular complexity index is 617. The summed E-state index contributed by atoms with van der Waals surface area (Å²) in [7, 11) is 0. The Morgan fingerprint density at radius 2 is 1.85 bits per heavy atom. The van der Waals surface area contributed by atoms with Gasteiger partial charge in [0, 0.05) is 12.0 Å². The van der Waals surface area contributed by atoms with Gasteiger partial charge in [-0.05, 0) is 43.0 Å². The van der Waals surface area contributed by atoms with Gasteiger partial charge in [-0.2, -0.15) is 0 Å². The highest BCUT2D eigenvalue weighted by Gasteiger charge is 2.18. The van der Waals surface area contributed by atoms with Crippen LogP contribution < -0.4 is 4.74 Å². The third-order valence-electron chi connectivity index (χ3n) is 3.81. The fourth-order valence-corrected chi connectivity index (χ4v) is 2.68. The second-order valence-corrected chi connectivity index (χ2v) is 5.27. The number of hydrogen-bond donors (Lipinski definition) is 0. The molecule has 0 aromatic heterocycles. The molecule has 1 aliphatic carbocycles. The normalized spacial score (nSPS) is 15.6. The van der Waals surface area contributed by atoms with Gasteiger partial charge in [-0.15, -0.1) is 0 Å². The summed E-state index contributed by atoms with van der Waals surface area (Å²) in [4.78, 5) is 11.9. The van der Waals surface area contributed by atoms with Crippen LogP contribution in [0, 0.1) is 0 Å². The molecule has 0 aliphatic heterocycles. The molecular formula is C18H18O2. The first-order valence-corrected chi connectivity index (χ1v) is 7.12. The zero-order valence-corrected chi connectivity index (χ0v) is 11.6. The van der Waals surface area contributed by atoms with Crippen molar-refractivity contribution in [3.05, 3.63) is 65.2 Å². The van der Waals surface area contributed by atoms with E-state index in [2.05, 4.69) is 0 Å². The molecule has 3 rings (SSSR count). The Labute approximate surface area is 119 Å². The van der Waals surface area contributed by atoms with E-state index >= 15 is 0 Å². The predicted molar refractivity (Wildman–Crippen MR) is 79.2 cm³/mol. The maximum absolute atomic E-state index is 11.9. The average Bonchev–Trinajstić information content (AvgIpc) is 2.49. The third-order valence-corrected chi connectivity index (χ3v) is 3.81. The van der Waals surface area contributed by atoms with Crippen LogP contribution in [-0.4, -0.2) is 5.78 Å². The van der Waals surface area contributed by atoms with Crippen LogP contribution in [0.1, 0.15) is 47.4 Å². The molecule has 0 spiro atoms. The third kappa shape index (κ3) is 2.60. The van der Waals surface area contributed by atoms with Crippen LogP contribution >= 0.6 is 0 Å². The molecule has 0 amide bonds. The molecule has 20 heavy (non-hydrogen) atoms. The molecule has 0 N–H and O–H groups in total. The van der Waals surface area contributed by atoms with Gasteiger partial charge in [-0.3, -0.25) is 4.79 Å². The largest absolute Gasteiger partial charge is 0.486 e. The first kappa shape index (κ1) is 12.9. The Balaban J connectivity index is 1.81. The van der Waals surface area contributed by atoms with Crippen LogP contribution in [0.4, 0.5) is 0 Å². The quantitative estimate of drug-likeness (QED) is 0.825. The SMILES string of the molecule is CC(Oc1ccc2c(c1)C(=O)CCC2)c1ccccc1. The number of fused-ring (bicyclic) bond motifs is 1. The maximum atomic E-state index is 11.9. The molecule has 0 saturated heterocycles. The van der Waals surface area contributed by atoms with Crippen LogP contribution in [0.2, 0.25) is 0 Å². The summed E-state index contributed by atoms with van der Waals surface area (Å²) in [5.74, 6) is 1.01. The molecule has 102 valence electrons. The summed E-state index contributed by atoms with van der Waals surface area (Å²) in [6, 6.07) is 16.0. The second kappa shape index (κ2) is 5.49. The summed E-state index contributed by atoms with van der Waals surface area (Å²) in [6.07, 6.45) is 2.60. The highest BCUT2D eigenvalue weighted by Crippen LogP contribution is 2.28. The lowest BCUT2D eigenvalue weighted by molar-refractivity contribution is 0.0971. The molecule has 1 aliphatic rings. The summed E-state index contributed by atoms with van der Waals surface area (Å²) < 4.78 is 5.96. The van der Waals surface area contributed by atoms with Crippen molar-refractivity contribution in [3.63, 3.8) is 0 Å². The maximum Gasteiger partial charge on any atom is 0.163 e. The lowest BCUT2D eigenvalue weighted by Gasteiger charge is -2.19. The minimum atomic E-state index is -0.0204. The van der Waals surface area contributed by atoms with Gasteiger partial charge in [-0.1, -0.05) is 36.4 Å². The summed E-state index contributed by atoms with van der Waals surface area (Å²) >= 11 is 0. The zero-order valence-electron chi connectivity index (χ0n) is 11.6. The van der Waals surface area contributed by atoms with Gasteiger partial charge in [0.1, 0.15) is 11.9 Å². The molecule has 1 unspecified atom stereocenters. The summed E-state index contributed by atoms with van der Waals surface area (Å²) in [5.41, 5.74) is 3.13. The molecule has 1 atom stereocenters. The Morgan fingerprint density at radius 1 is 1.05 bits per heavy atom. The molecule has 2 aromatic carbocycles. The highest BCUT2D eigenvalue weighted by molar-refractivity contribution is 5.98. The van der Waals surface area contributed by atoms with E-state index in [4.69, 9.17) is 4.74 Å². The van der Waals surface area contributed by atoms with Crippen LogP contribution in [0.5, 0.6) is 5.75 Å². The minimum Gasteiger partial charge on any atom is -0.486 e. The molecule has 0 bridgehead atoms. The lowest BCUT2D eigenvalue weighted by Crippen LogP contribution is -2.11. The van der Waals surface area contributed by atoms with Gasteiger partial charge >= 0.3 is 0 Å². The number of benzene rings is 2. The zero-order chi connectivity index (χ0) is 13.9. The number of Topliss-reactive ketones (excluding diaryl/α,β-unsaturated/α-hetero) is 1. The van der Waals surface area contributed by atoms with Crippen molar-refractivity contribution in [1.29, 1.82) is 0 Å². The van der Waals surface area contributed by atoms with E-state index in [-0.39, 0.29) is 11.9 Å². The molecule has 0 radical (unpaired) electrons. The number of hydrogen-bond acceptors (Lipinski definition) is 2. The van der Waals surface area contributed by atoms with Gasteiger partial charge in [0.2, 0.25) is 0 Å². The van der Waals surface area contributed by atoms with Gasteiger partial charge in [-0.25, -0.2) is 0 Å². The van der Waals surface area contributed by atoms with E-state index in [0.717, 1.165) is 35.3 Å².